The van der Waals surface area contributed by atoms with Crippen LogP contribution in [0.4, 0.5) is 8.78 Å². The summed E-state index contributed by atoms with van der Waals surface area (Å²) < 4.78 is 62.5. The van der Waals surface area contributed by atoms with E-state index < -0.39 is 15.7 Å². The van der Waals surface area contributed by atoms with E-state index in [2.05, 4.69) is 4.90 Å². The standard InChI is InChI=1S/C18H26F2N2O4S/c1-14(11-22-4-6-25-7-5-22)13-27(23,24)18-3-2-16(8-17(18)20)26-12-15(9-19)10-21/h2-3,8-9,14H,4-7,10-13,21H2,1H3/b15-9+. The number of rotatable bonds is 9. The van der Waals surface area contributed by atoms with Crippen LogP contribution in [0.2, 0.25) is 0 Å². The van der Waals surface area contributed by atoms with Crippen molar-refractivity contribution in [2.45, 2.75) is 11.8 Å². The van der Waals surface area contributed by atoms with Gasteiger partial charge in [0.15, 0.2) is 9.84 Å². The lowest BCUT2D eigenvalue weighted by Crippen LogP contribution is -2.40. The van der Waals surface area contributed by atoms with Crippen molar-refractivity contribution in [1.82, 2.24) is 4.90 Å². The lowest BCUT2D eigenvalue weighted by molar-refractivity contribution is 0.0330. The van der Waals surface area contributed by atoms with Crippen molar-refractivity contribution in [2.24, 2.45) is 11.7 Å². The molecular formula is C18H26F2N2O4S. The van der Waals surface area contributed by atoms with E-state index in [0.717, 1.165) is 19.2 Å². The van der Waals surface area contributed by atoms with Gasteiger partial charge >= 0.3 is 0 Å². The zero-order chi connectivity index (χ0) is 19.9. The Hall–Kier alpha value is -1.55. The first-order valence-electron chi connectivity index (χ1n) is 8.79. The van der Waals surface area contributed by atoms with Gasteiger partial charge in [-0.25, -0.2) is 17.2 Å². The van der Waals surface area contributed by atoms with E-state index in [4.69, 9.17) is 15.2 Å². The highest BCUT2D eigenvalue weighted by atomic mass is 32.2. The van der Waals surface area contributed by atoms with Crippen LogP contribution in [0, 0.1) is 11.7 Å². The fraction of sp³-hybridized carbons (Fsp3) is 0.556. The summed E-state index contributed by atoms with van der Waals surface area (Å²) in [5.74, 6) is -1.07. The molecule has 1 saturated heterocycles. The van der Waals surface area contributed by atoms with Gasteiger partial charge in [0.2, 0.25) is 0 Å². The molecule has 1 fully saturated rings. The van der Waals surface area contributed by atoms with Crippen LogP contribution in [-0.2, 0) is 14.6 Å². The normalized spacial score (nSPS) is 17.7. The van der Waals surface area contributed by atoms with Crippen molar-refractivity contribution >= 4 is 9.84 Å². The Balaban J connectivity index is 2.00. The van der Waals surface area contributed by atoms with Crippen molar-refractivity contribution in [2.75, 3.05) is 51.8 Å². The van der Waals surface area contributed by atoms with Crippen LogP contribution < -0.4 is 10.5 Å². The Morgan fingerprint density at radius 2 is 2.11 bits per heavy atom. The van der Waals surface area contributed by atoms with Crippen molar-refractivity contribution in [3.63, 3.8) is 0 Å². The second-order valence-corrected chi connectivity index (χ2v) is 8.65. The summed E-state index contributed by atoms with van der Waals surface area (Å²) in [7, 11) is -3.78. The van der Waals surface area contributed by atoms with Gasteiger partial charge in [-0.15, -0.1) is 0 Å². The predicted molar refractivity (Wildman–Crippen MR) is 98.6 cm³/mol. The third-order valence-electron chi connectivity index (χ3n) is 4.26. The summed E-state index contributed by atoms with van der Waals surface area (Å²) >= 11 is 0. The molecule has 0 bridgehead atoms. The Morgan fingerprint density at radius 3 is 2.70 bits per heavy atom. The van der Waals surface area contributed by atoms with Gasteiger partial charge in [-0.05, 0) is 18.1 Å². The highest BCUT2D eigenvalue weighted by Gasteiger charge is 2.24. The summed E-state index contributed by atoms with van der Waals surface area (Å²) in [5.41, 5.74) is 5.53. The predicted octanol–water partition coefficient (Wildman–Crippen LogP) is 1.76. The molecule has 0 spiro atoms. The van der Waals surface area contributed by atoms with Crippen LogP contribution in [0.5, 0.6) is 5.75 Å². The Labute approximate surface area is 158 Å². The Kier molecular flexibility index (Phi) is 8.15. The van der Waals surface area contributed by atoms with E-state index >= 15 is 0 Å². The minimum atomic E-state index is -3.78. The molecule has 1 aliphatic heterocycles. The number of nitrogens with zero attached hydrogens (tertiary/aromatic N) is 1. The smallest absolute Gasteiger partial charge is 0.181 e. The first-order valence-corrected chi connectivity index (χ1v) is 10.4. The minimum absolute atomic E-state index is 0.0214. The third kappa shape index (κ3) is 6.53. The summed E-state index contributed by atoms with van der Waals surface area (Å²) in [6.07, 6.45) is 0.338. The van der Waals surface area contributed by atoms with E-state index in [1.54, 1.807) is 0 Å². The molecule has 1 aromatic rings. The number of ether oxygens (including phenoxy) is 2. The number of morpholine rings is 1. The average Bonchev–Trinajstić information content (AvgIpc) is 2.62. The molecule has 1 unspecified atom stereocenters. The second-order valence-electron chi connectivity index (χ2n) is 6.65. The van der Waals surface area contributed by atoms with Gasteiger partial charge in [0, 0.05) is 37.8 Å². The van der Waals surface area contributed by atoms with Crippen LogP contribution in [-0.4, -0.2) is 65.1 Å². The maximum absolute atomic E-state index is 14.3. The fourth-order valence-electron chi connectivity index (χ4n) is 2.88. The number of nitrogens with two attached hydrogens (primary N) is 1. The molecule has 0 aliphatic carbocycles. The van der Waals surface area contributed by atoms with Crippen molar-refractivity contribution in [3.8, 4) is 5.75 Å². The molecule has 0 saturated carbocycles. The molecule has 0 aromatic heterocycles. The number of hydrogen-bond acceptors (Lipinski definition) is 6. The van der Waals surface area contributed by atoms with Crippen LogP contribution in [0.25, 0.3) is 0 Å². The molecule has 27 heavy (non-hydrogen) atoms. The summed E-state index contributed by atoms with van der Waals surface area (Å²) in [6.45, 7) is 5.11. The first-order chi connectivity index (χ1) is 12.9. The summed E-state index contributed by atoms with van der Waals surface area (Å²) in [6, 6.07) is 3.53. The third-order valence-corrected chi connectivity index (χ3v) is 6.27. The molecule has 6 nitrogen and oxygen atoms in total. The molecule has 2 N–H and O–H groups in total. The SMILES string of the molecule is CC(CN1CCOCC1)CS(=O)(=O)c1ccc(OC/C(=C/F)CN)cc1F. The lowest BCUT2D eigenvalue weighted by Gasteiger charge is -2.29. The molecule has 152 valence electrons. The van der Waals surface area contributed by atoms with E-state index in [9.17, 15) is 17.2 Å². The van der Waals surface area contributed by atoms with Gasteiger partial charge in [-0.3, -0.25) is 4.90 Å². The molecule has 0 radical (unpaired) electrons. The highest BCUT2D eigenvalue weighted by Crippen LogP contribution is 2.23. The van der Waals surface area contributed by atoms with Crippen molar-refractivity contribution in [3.05, 3.63) is 35.9 Å². The number of halogens is 2. The number of hydrogen-bond donors (Lipinski definition) is 1. The second kappa shape index (κ2) is 10.1. The minimum Gasteiger partial charge on any atom is -0.489 e. The zero-order valence-electron chi connectivity index (χ0n) is 15.4. The highest BCUT2D eigenvalue weighted by molar-refractivity contribution is 7.91. The fourth-order valence-corrected chi connectivity index (χ4v) is 4.54. The topological polar surface area (TPSA) is 81.9 Å². The average molecular weight is 404 g/mol. The van der Waals surface area contributed by atoms with Crippen LogP contribution >= 0.6 is 0 Å². The van der Waals surface area contributed by atoms with Crippen molar-refractivity contribution < 1.29 is 26.7 Å². The van der Waals surface area contributed by atoms with Crippen LogP contribution in [0.15, 0.2) is 35.0 Å². The van der Waals surface area contributed by atoms with E-state index in [1.165, 1.54) is 12.1 Å². The van der Waals surface area contributed by atoms with Crippen LogP contribution in [0.3, 0.4) is 0 Å². The first kappa shape index (κ1) is 21.7. The molecule has 1 aromatic carbocycles. The summed E-state index contributed by atoms with van der Waals surface area (Å²) in [5, 5.41) is 0. The molecule has 1 heterocycles. The molecule has 0 amide bonds. The van der Waals surface area contributed by atoms with Gasteiger partial charge < -0.3 is 15.2 Å². The van der Waals surface area contributed by atoms with Gasteiger partial charge in [-0.2, -0.15) is 0 Å². The van der Waals surface area contributed by atoms with E-state index in [-0.39, 0.29) is 41.0 Å². The van der Waals surface area contributed by atoms with Gasteiger partial charge in [-0.1, -0.05) is 6.92 Å². The molecular weight excluding hydrogens is 378 g/mol. The summed E-state index contributed by atoms with van der Waals surface area (Å²) in [4.78, 5) is 1.79. The Bertz CT molecular complexity index is 750. The molecule has 2 rings (SSSR count). The van der Waals surface area contributed by atoms with Gasteiger partial charge in [0.1, 0.15) is 23.1 Å². The molecule has 1 aliphatic rings. The van der Waals surface area contributed by atoms with Gasteiger partial charge in [0.25, 0.3) is 0 Å². The zero-order valence-corrected chi connectivity index (χ0v) is 16.2. The Morgan fingerprint density at radius 1 is 1.41 bits per heavy atom. The van der Waals surface area contributed by atoms with E-state index in [0.29, 0.717) is 26.1 Å². The van der Waals surface area contributed by atoms with Gasteiger partial charge in [0.05, 0.1) is 25.3 Å². The largest absolute Gasteiger partial charge is 0.489 e. The monoisotopic (exact) mass is 404 g/mol. The maximum Gasteiger partial charge on any atom is 0.181 e. The van der Waals surface area contributed by atoms with E-state index in [1.807, 2.05) is 6.92 Å². The van der Waals surface area contributed by atoms with Crippen molar-refractivity contribution in [1.29, 1.82) is 0 Å². The quantitative estimate of drug-likeness (QED) is 0.675. The molecule has 9 heteroatoms. The molecule has 1 atom stereocenters. The van der Waals surface area contributed by atoms with Crippen LogP contribution in [0.1, 0.15) is 6.92 Å². The number of benzene rings is 1. The number of sulfone groups is 1. The lowest BCUT2D eigenvalue weighted by atomic mass is 10.2. The maximum atomic E-state index is 14.3.